The van der Waals surface area contributed by atoms with Gasteiger partial charge in [0.15, 0.2) is 5.69 Å². The van der Waals surface area contributed by atoms with Gasteiger partial charge in [-0.15, -0.1) is 0 Å². The maximum absolute atomic E-state index is 10.9. The predicted molar refractivity (Wildman–Crippen MR) is 58.4 cm³/mol. The molecule has 16 heavy (non-hydrogen) atoms. The van der Waals surface area contributed by atoms with E-state index in [1.54, 1.807) is 0 Å². The van der Waals surface area contributed by atoms with Crippen molar-refractivity contribution in [1.82, 2.24) is 15.2 Å². The summed E-state index contributed by atoms with van der Waals surface area (Å²) in [6, 6.07) is 7.49. The highest BCUT2D eigenvalue weighted by molar-refractivity contribution is 6.09. The fourth-order valence-electron chi connectivity index (χ4n) is 1.77. The number of rotatable bonds is 1. The Hall–Kier alpha value is -2.43. The zero-order valence-electron chi connectivity index (χ0n) is 8.14. The van der Waals surface area contributed by atoms with Crippen molar-refractivity contribution < 1.29 is 9.90 Å². The van der Waals surface area contributed by atoms with Crippen LogP contribution in [-0.2, 0) is 0 Å². The molecule has 0 aliphatic rings. The Morgan fingerprint density at radius 1 is 1.25 bits per heavy atom. The second-order valence-electron chi connectivity index (χ2n) is 3.44. The topological polar surface area (TPSA) is 78.9 Å². The summed E-state index contributed by atoms with van der Waals surface area (Å²) in [7, 11) is 0. The Labute approximate surface area is 89.7 Å². The van der Waals surface area contributed by atoms with E-state index in [0.29, 0.717) is 10.9 Å². The first-order valence-electron chi connectivity index (χ1n) is 4.72. The lowest BCUT2D eigenvalue weighted by atomic mass is 10.1. The number of H-pyrrole nitrogens is 1. The largest absolute Gasteiger partial charge is 0.477 e. The van der Waals surface area contributed by atoms with Crippen LogP contribution in [0.3, 0.4) is 0 Å². The SMILES string of the molecule is O=C(O)c1[nH]nc2c1cnc1ccccc12. The van der Waals surface area contributed by atoms with Crippen molar-refractivity contribution in [1.29, 1.82) is 0 Å². The van der Waals surface area contributed by atoms with E-state index in [1.807, 2.05) is 24.3 Å². The lowest BCUT2D eigenvalue weighted by Crippen LogP contribution is -1.96. The third kappa shape index (κ3) is 1.08. The van der Waals surface area contributed by atoms with Gasteiger partial charge in [-0.3, -0.25) is 10.1 Å². The molecular formula is C11H7N3O2. The number of aromatic nitrogens is 3. The quantitative estimate of drug-likeness (QED) is 0.646. The van der Waals surface area contributed by atoms with E-state index in [0.717, 1.165) is 10.9 Å². The third-order valence-electron chi connectivity index (χ3n) is 2.51. The average molecular weight is 213 g/mol. The number of aromatic carboxylic acids is 1. The van der Waals surface area contributed by atoms with Gasteiger partial charge < -0.3 is 5.11 Å². The summed E-state index contributed by atoms with van der Waals surface area (Å²) in [6.45, 7) is 0. The van der Waals surface area contributed by atoms with Crippen molar-refractivity contribution in [3.63, 3.8) is 0 Å². The highest BCUT2D eigenvalue weighted by Gasteiger charge is 2.13. The van der Waals surface area contributed by atoms with Crippen molar-refractivity contribution in [2.45, 2.75) is 0 Å². The van der Waals surface area contributed by atoms with Gasteiger partial charge in [0.1, 0.15) is 5.52 Å². The van der Waals surface area contributed by atoms with Gasteiger partial charge in [-0.2, -0.15) is 5.10 Å². The second kappa shape index (κ2) is 3.03. The van der Waals surface area contributed by atoms with Crippen molar-refractivity contribution in [2.75, 3.05) is 0 Å². The highest BCUT2D eigenvalue weighted by atomic mass is 16.4. The number of para-hydroxylation sites is 1. The number of benzene rings is 1. The van der Waals surface area contributed by atoms with Crippen molar-refractivity contribution in [3.05, 3.63) is 36.2 Å². The Morgan fingerprint density at radius 2 is 2.06 bits per heavy atom. The van der Waals surface area contributed by atoms with E-state index in [1.165, 1.54) is 6.20 Å². The molecule has 0 amide bonds. The van der Waals surface area contributed by atoms with Gasteiger partial charge in [0.25, 0.3) is 0 Å². The monoisotopic (exact) mass is 213 g/mol. The maximum Gasteiger partial charge on any atom is 0.354 e. The van der Waals surface area contributed by atoms with Crippen LogP contribution in [0.1, 0.15) is 10.5 Å². The molecule has 0 saturated carbocycles. The van der Waals surface area contributed by atoms with E-state index in [2.05, 4.69) is 15.2 Å². The van der Waals surface area contributed by atoms with Crippen LogP contribution in [0.5, 0.6) is 0 Å². The van der Waals surface area contributed by atoms with E-state index < -0.39 is 5.97 Å². The van der Waals surface area contributed by atoms with E-state index >= 15 is 0 Å². The highest BCUT2D eigenvalue weighted by Crippen LogP contribution is 2.23. The maximum atomic E-state index is 10.9. The Kier molecular flexibility index (Phi) is 1.67. The number of pyridine rings is 1. The van der Waals surface area contributed by atoms with E-state index in [-0.39, 0.29) is 5.69 Å². The first-order valence-corrected chi connectivity index (χ1v) is 4.72. The van der Waals surface area contributed by atoms with Crippen LogP contribution < -0.4 is 0 Å². The normalized spacial score (nSPS) is 11.0. The first-order chi connectivity index (χ1) is 7.77. The summed E-state index contributed by atoms with van der Waals surface area (Å²) in [4.78, 5) is 15.1. The van der Waals surface area contributed by atoms with Gasteiger partial charge in [0.05, 0.1) is 10.9 Å². The number of carboxylic acids is 1. The van der Waals surface area contributed by atoms with Gasteiger partial charge >= 0.3 is 5.97 Å². The smallest absolute Gasteiger partial charge is 0.354 e. The number of nitrogens with one attached hydrogen (secondary N) is 1. The lowest BCUT2D eigenvalue weighted by molar-refractivity contribution is 0.0692. The Morgan fingerprint density at radius 3 is 2.88 bits per heavy atom. The van der Waals surface area contributed by atoms with Gasteiger partial charge in [0, 0.05) is 11.6 Å². The number of hydrogen-bond donors (Lipinski definition) is 2. The van der Waals surface area contributed by atoms with Crippen LogP contribution in [0, 0.1) is 0 Å². The van der Waals surface area contributed by atoms with Crippen LogP contribution >= 0.6 is 0 Å². The van der Waals surface area contributed by atoms with Crippen molar-refractivity contribution in [3.8, 4) is 0 Å². The first kappa shape index (κ1) is 8.84. The molecule has 0 bridgehead atoms. The standard InChI is InChI=1S/C11H7N3O2/c15-11(16)10-7-5-12-8-4-2-1-3-6(8)9(7)13-14-10/h1-5H,(H,13,14)(H,15,16). The zero-order valence-corrected chi connectivity index (χ0v) is 8.14. The Bertz CT molecular complexity index is 703. The number of nitrogens with zero attached hydrogens (tertiary/aromatic N) is 2. The summed E-state index contributed by atoms with van der Waals surface area (Å²) < 4.78 is 0. The molecule has 78 valence electrons. The number of hydrogen-bond acceptors (Lipinski definition) is 3. The summed E-state index contributed by atoms with van der Waals surface area (Å²) in [6.07, 6.45) is 1.53. The van der Waals surface area contributed by atoms with Crippen LogP contribution in [0.25, 0.3) is 21.8 Å². The molecule has 0 atom stereocenters. The fourth-order valence-corrected chi connectivity index (χ4v) is 1.77. The molecule has 0 aliphatic heterocycles. The van der Waals surface area contributed by atoms with Gasteiger partial charge in [0.2, 0.25) is 0 Å². The van der Waals surface area contributed by atoms with E-state index in [9.17, 15) is 4.79 Å². The number of carbonyl (C=O) groups is 1. The summed E-state index contributed by atoms with van der Waals surface area (Å²) in [5, 5.41) is 16.9. The van der Waals surface area contributed by atoms with Crippen LogP contribution in [0.2, 0.25) is 0 Å². The molecule has 0 radical (unpaired) electrons. The van der Waals surface area contributed by atoms with Crippen LogP contribution in [-0.4, -0.2) is 26.3 Å². The predicted octanol–water partition coefficient (Wildman–Crippen LogP) is 1.81. The van der Waals surface area contributed by atoms with Crippen LogP contribution in [0.4, 0.5) is 0 Å². The molecule has 1 aromatic carbocycles. The molecule has 0 saturated heterocycles. The summed E-state index contributed by atoms with van der Waals surface area (Å²) in [5.41, 5.74) is 1.52. The minimum absolute atomic E-state index is 0.0771. The molecule has 0 unspecified atom stereocenters. The number of fused-ring (bicyclic) bond motifs is 3. The molecule has 5 nitrogen and oxygen atoms in total. The molecule has 3 rings (SSSR count). The number of aromatic amines is 1. The third-order valence-corrected chi connectivity index (χ3v) is 2.51. The molecule has 0 spiro atoms. The Balaban J connectivity index is 2.49. The molecule has 2 aromatic heterocycles. The number of carboxylic acid groups (broad SMARTS) is 1. The minimum atomic E-state index is -1.03. The molecule has 0 fully saturated rings. The van der Waals surface area contributed by atoms with Crippen LogP contribution in [0.15, 0.2) is 30.5 Å². The molecule has 5 heteroatoms. The fraction of sp³-hybridized carbons (Fsp3) is 0. The molecule has 2 heterocycles. The minimum Gasteiger partial charge on any atom is -0.477 e. The van der Waals surface area contributed by atoms with Crippen molar-refractivity contribution >= 4 is 27.8 Å². The molecule has 3 aromatic rings. The lowest BCUT2D eigenvalue weighted by Gasteiger charge is -1.96. The zero-order chi connectivity index (χ0) is 11.1. The summed E-state index contributed by atoms with van der Waals surface area (Å²) >= 11 is 0. The van der Waals surface area contributed by atoms with Gasteiger partial charge in [-0.25, -0.2) is 4.79 Å². The van der Waals surface area contributed by atoms with Crippen molar-refractivity contribution in [2.24, 2.45) is 0 Å². The molecular weight excluding hydrogens is 206 g/mol. The molecule has 2 N–H and O–H groups in total. The van der Waals surface area contributed by atoms with Gasteiger partial charge in [-0.1, -0.05) is 18.2 Å². The van der Waals surface area contributed by atoms with Gasteiger partial charge in [-0.05, 0) is 6.07 Å². The van der Waals surface area contributed by atoms with E-state index in [4.69, 9.17) is 5.11 Å². The molecule has 0 aliphatic carbocycles. The summed E-state index contributed by atoms with van der Waals surface area (Å²) in [5.74, 6) is -1.03. The average Bonchev–Trinajstić information content (AvgIpc) is 2.73. The second-order valence-corrected chi connectivity index (χ2v) is 3.44.